The number of hydrogen-bond acceptors (Lipinski definition) is 5. The summed E-state index contributed by atoms with van der Waals surface area (Å²) in [5, 5.41) is 5.59. The Bertz CT molecular complexity index is 999. The normalized spacial score (nSPS) is 13.8. The van der Waals surface area contributed by atoms with Crippen LogP contribution in [0.4, 0.5) is 5.13 Å². The van der Waals surface area contributed by atoms with E-state index in [0.29, 0.717) is 10.7 Å². The van der Waals surface area contributed by atoms with Crippen molar-refractivity contribution < 1.29 is 9.53 Å². The van der Waals surface area contributed by atoms with Crippen molar-refractivity contribution in [1.82, 2.24) is 9.88 Å². The zero-order valence-corrected chi connectivity index (χ0v) is 16.9. The van der Waals surface area contributed by atoms with Crippen molar-refractivity contribution in [2.45, 2.75) is 26.4 Å². The molecule has 0 unspecified atom stereocenters. The molecule has 0 atom stereocenters. The van der Waals surface area contributed by atoms with Crippen LogP contribution >= 0.6 is 11.3 Å². The van der Waals surface area contributed by atoms with Gasteiger partial charge in [0.05, 0.1) is 12.8 Å². The first-order chi connectivity index (χ1) is 13.6. The molecule has 1 amide bonds. The summed E-state index contributed by atoms with van der Waals surface area (Å²) >= 11 is 1.47. The van der Waals surface area contributed by atoms with E-state index in [0.717, 1.165) is 43.1 Å². The van der Waals surface area contributed by atoms with E-state index < -0.39 is 0 Å². The van der Waals surface area contributed by atoms with Crippen molar-refractivity contribution in [3.8, 4) is 5.75 Å². The Kier molecular flexibility index (Phi) is 5.41. The van der Waals surface area contributed by atoms with E-state index >= 15 is 0 Å². The molecule has 28 heavy (non-hydrogen) atoms. The predicted molar refractivity (Wildman–Crippen MR) is 112 cm³/mol. The third-order valence-electron chi connectivity index (χ3n) is 5.05. The monoisotopic (exact) mass is 393 g/mol. The van der Waals surface area contributed by atoms with Crippen molar-refractivity contribution in [2.24, 2.45) is 0 Å². The molecule has 1 aliphatic heterocycles. The lowest BCUT2D eigenvalue weighted by atomic mass is 9.99. The smallest absolute Gasteiger partial charge is 0.257 e. The van der Waals surface area contributed by atoms with Crippen LogP contribution < -0.4 is 10.1 Å². The molecule has 0 saturated heterocycles. The molecule has 1 N–H and O–H groups in total. The quantitative estimate of drug-likeness (QED) is 0.703. The minimum Gasteiger partial charge on any atom is -0.497 e. The first kappa shape index (κ1) is 18.7. The fourth-order valence-corrected chi connectivity index (χ4v) is 4.20. The maximum Gasteiger partial charge on any atom is 0.257 e. The van der Waals surface area contributed by atoms with Gasteiger partial charge in [0.15, 0.2) is 5.13 Å². The van der Waals surface area contributed by atoms with Gasteiger partial charge >= 0.3 is 0 Å². The Morgan fingerprint density at radius 2 is 2.11 bits per heavy atom. The highest BCUT2D eigenvalue weighted by molar-refractivity contribution is 7.14. The molecule has 2 heterocycles. The molecule has 3 aromatic rings. The number of aryl methyl sites for hydroxylation is 1. The average Bonchev–Trinajstić information content (AvgIpc) is 3.14. The van der Waals surface area contributed by atoms with Crippen LogP contribution in [-0.4, -0.2) is 29.4 Å². The molecule has 0 saturated carbocycles. The molecule has 4 rings (SSSR count). The number of thiazole rings is 1. The lowest BCUT2D eigenvalue weighted by Crippen LogP contribution is -2.30. The number of carbonyl (C=O) groups is 1. The number of carbonyl (C=O) groups excluding carboxylic acids is 1. The number of anilines is 1. The molecular weight excluding hydrogens is 370 g/mol. The molecule has 2 aromatic carbocycles. The molecule has 0 aliphatic carbocycles. The van der Waals surface area contributed by atoms with Crippen LogP contribution in [0.2, 0.25) is 0 Å². The van der Waals surface area contributed by atoms with E-state index in [9.17, 15) is 4.79 Å². The average molecular weight is 394 g/mol. The molecule has 0 bridgehead atoms. The number of hydrogen-bond donors (Lipinski definition) is 1. The van der Waals surface area contributed by atoms with Crippen LogP contribution in [0.25, 0.3) is 0 Å². The molecule has 144 valence electrons. The fraction of sp³-hybridized carbons (Fsp3) is 0.273. The number of fused-ring (bicyclic) bond motifs is 1. The molecule has 0 fully saturated rings. The summed E-state index contributed by atoms with van der Waals surface area (Å²) in [6.07, 6.45) is 1.01. The number of aromatic nitrogens is 1. The van der Waals surface area contributed by atoms with Crippen molar-refractivity contribution in [1.29, 1.82) is 0 Å². The maximum absolute atomic E-state index is 12.5. The number of amides is 1. The fourth-order valence-electron chi connectivity index (χ4n) is 3.51. The Hall–Kier alpha value is -2.70. The number of benzene rings is 2. The van der Waals surface area contributed by atoms with Gasteiger partial charge in [0.1, 0.15) is 5.75 Å². The second-order valence-corrected chi connectivity index (χ2v) is 7.87. The van der Waals surface area contributed by atoms with Crippen LogP contribution in [0.3, 0.4) is 0 Å². The van der Waals surface area contributed by atoms with E-state index in [1.807, 2.05) is 42.6 Å². The predicted octanol–water partition coefficient (Wildman–Crippen LogP) is 4.27. The van der Waals surface area contributed by atoms with Gasteiger partial charge in [-0.15, -0.1) is 11.3 Å². The zero-order valence-electron chi connectivity index (χ0n) is 16.1. The minimum atomic E-state index is -0.111. The van der Waals surface area contributed by atoms with Crippen molar-refractivity contribution in [2.75, 3.05) is 19.0 Å². The number of nitrogens with zero attached hydrogens (tertiary/aromatic N) is 2. The van der Waals surface area contributed by atoms with E-state index in [-0.39, 0.29) is 5.91 Å². The van der Waals surface area contributed by atoms with Crippen molar-refractivity contribution in [3.63, 3.8) is 0 Å². The van der Waals surface area contributed by atoms with Gasteiger partial charge in [-0.3, -0.25) is 15.0 Å². The second-order valence-electron chi connectivity index (χ2n) is 7.01. The Balaban J connectivity index is 1.38. The Labute approximate surface area is 169 Å². The van der Waals surface area contributed by atoms with Gasteiger partial charge in [-0.1, -0.05) is 24.3 Å². The van der Waals surface area contributed by atoms with E-state index in [1.54, 1.807) is 7.11 Å². The zero-order chi connectivity index (χ0) is 19.5. The topological polar surface area (TPSA) is 54.5 Å². The van der Waals surface area contributed by atoms with E-state index in [4.69, 9.17) is 4.74 Å². The molecule has 5 nitrogen and oxygen atoms in total. The standard InChI is InChI=1S/C22H23N3O2S/c1-15-5-3-4-6-20(15)21(26)24-22-23-18(14-28-22)13-25-10-9-16-11-19(27-2)8-7-17(16)12-25/h3-8,11,14H,9-10,12-13H2,1-2H3,(H,23,24,26). The summed E-state index contributed by atoms with van der Waals surface area (Å²) in [7, 11) is 1.70. The highest BCUT2D eigenvalue weighted by Crippen LogP contribution is 2.25. The first-order valence-corrected chi connectivity index (χ1v) is 10.2. The third kappa shape index (κ3) is 4.08. The molecule has 0 radical (unpaired) electrons. The van der Waals surface area contributed by atoms with Gasteiger partial charge in [-0.2, -0.15) is 0 Å². The van der Waals surface area contributed by atoms with Gasteiger partial charge in [-0.05, 0) is 48.2 Å². The first-order valence-electron chi connectivity index (χ1n) is 9.32. The lowest BCUT2D eigenvalue weighted by molar-refractivity contribution is 0.102. The summed E-state index contributed by atoms with van der Waals surface area (Å²) in [4.78, 5) is 19.5. The SMILES string of the molecule is COc1ccc2c(c1)CCN(Cc1csc(NC(=O)c3ccccc3C)n1)C2. The van der Waals surface area contributed by atoms with E-state index in [2.05, 4.69) is 27.3 Å². The maximum atomic E-state index is 12.5. The summed E-state index contributed by atoms with van der Waals surface area (Å²) in [5.74, 6) is 0.806. The molecule has 1 aliphatic rings. The largest absolute Gasteiger partial charge is 0.497 e. The number of nitrogens with one attached hydrogen (secondary N) is 1. The van der Waals surface area contributed by atoms with Crippen LogP contribution in [0.5, 0.6) is 5.75 Å². The van der Waals surface area contributed by atoms with Crippen LogP contribution in [0, 0.1) is 6.92 Å². The Morgan fingerprint density at radius 1 is 1.25 bits per heavy atom. The minimum absolute atomic E-state index is 0.111. The molecular formula is C22H23N3O2S. The van der Waals surface area contributed by atoms with Crippen LogP contribution in [0.15, 0.2) is 47.8 Å². The summed E-state index contributed by atoms with van der Waals surface area (Å²) in [6.45, 7) is 4.61. The van der Waals surface area contributed by atoms with Gasteiger partial charge in [-0.25, -0.2) is 4.98 Å². The van der Waals surface area contributed by atoms with Gasteiger partial charge < -0.3 is 4.74 Å². The van der Waals surface area contributed by atoms with Gasteiger partial charge in [0, 0.05) is 30.6 Å². The van der Waals surface area contributed by atoms with E-state index in [1.165, 1.54) is 22.5 Å². The highest BCUT2D eigenvalue weighted by atomic mass is 32.1. The summed E-state index contributed by atoms with van der Waals surface area (Å²) in [6, 6.07) is 13.9. The third-order valence-corrected chi connectivity index (χ3v) is 5.86. The van der Waals surface area contributed by atoms with Crippen molar-refractivity contribution >= 4 is 22.4 Å². The summed E-state index contributed by atoms with van der Waals surface area (Å²) < 4.78 is 5.32. The van der Waals surface area contributed by atoms with Gasteiger partial charge in [0.2, 0.25) is 0 Å². The molecule has 0 spiro atoms. The Morgan fingerprint density at radius 3 is 2.93 bits per heavy atom. The number of methoxy groups -OCH3 is 1. The van der Waals surface area contributed by atoms with Gasteiger partial charge in [0.25, 0.3) is 5.91 Å². The highest BCUT2D eigenvalue weighted by Gasteiger charge is 2.18. The molecule has 1 aromatic heterocycles. The summed E-state index contributed by atoms with van der Waals surface area (Å²) in [5.41, 5.74) is 5.33. The molecule has 6 heteroatoms. The van der Waals surface area contributed by atoms with Crippen LogP contribution in [-0.2, 0) is 19.5 Å². The van der Waals surface area contributed by atoms with Crippen molar-refractivity contribution in [3.05, 3.63) is 75.8 Å². The lowest BCUT2D eigenvalue weighted by Gasteiger charge is -2.28. The second kappa shape index (κ2) is 8.12. The number of ether oxygens (including phenoxy) is 1. The van der Waals surface area contributed by atoms with Crippen LogP contribution in [0.1, 0.15) is 32.7 Å². The number of rotatable bonds is 5.